The summed E-state index contributed by atoms with van der Waals surface area (Å²) < 4.78 is 5.05. The molecule has 0 saturated carbocycles. The number of ether oxygens (including phenoxy) is 1. The number of allylic oxidation sites excluding steroid dienone is 1. The van der Waals surface area contributed by atoms with Crippen LogP contribution in [0.5, 0.6) is 5.75 Å². The van der Waals surface area contributed by atoms with Crippen molar-refractivity contribution in [2.45, 2.75) is 6.92 Å². The minimum atomic E-state index is -0.246. The number of carbonyl (C=O) groups excluding carboxylic acids is 2. The fourth-order valence-electron chi connectivity index (χ4n) is 1.29. The van der Waals surface area contributed by atoms with Crippen LogP contribution in [0.25, 0.3) is 0 Å². The highest BCUT2D eigenvalue weighted by molar-refractivity contribution is 6.07. The van der Waals surface area contributed by atoms with E-state index in [1.165, 1.54) is 20.1 Å². The first kappa shape index (κ1) is 12.0. The molecule has 0 heterocycles. The van der Waals surface area contributed by atoms with Gasteiger partial charge >= 0.3 is 0 Å². The third-order valence-corrected chi connectivity index (χ3v) is 1.97. The minimum Gasteiger partial charge on any atom is -0.496 e. The highest BCUT2D eigenvalue weighted by Gasteiger charge is 2.10. The molecule has 84 valence electrons. The van der Waals surface area contributed by atoms with Crippen LogP contribution in [-0.2, 0) is 4.79 Å². The Morgan fingerprint density at radius 2 is 2.12 bits per heavy atom. The molecule has 0 atom stereocenters. The standard InChI is InChI=1S/C12H13NO3/c1-4-11(15)10-7-9(13-8(2)14)5-6-12(10)16-3/h4-7H,1H2,2-3H3,(H,13,14). The van der Waals surface area contributed by atoms with Crippen LogP contribution in [0, 0.1) is 0 Å². The van der Waals surface area contributed by atoms with Crippen molar-refractivity contribution in [3.8, 4) is 5.75 Å². The number of carbonyl (C=O) groups is 2. The molecule has 1 aromatic carbocycles. The lowest BCUT2D eigenvalue weighted by Crippen LogP contribution is -2.07. The van der Waals surface area contributed by atoms with Crippen molar-refractivity contribution in [1.29, 1.82) is 0 Å². The van der Waals surface area contributed by atoms with E-state index < -0.39 is 0 Å². The molecule has 4 nitrogen and oxygen atoms in total. The molecule has 0 radical (unpaired) electrons. The number of hydrogen-bond donors (Lipinski definition) is 1. The maximum atomic E-state index is 11.5. The number of hydrogen-bond acceptors (Lipinski definition) is 3. The van der Waals surface area contributed by atoms with Gasteiger partial charge < -0.3 is 10.1 Å². The smallest absolute Gasteiger partial charge is 0.221 e. The van der Waals surface area contributed by atoms with Crippen molar-refractivity contribution in [3.63, 3.8) is 0 Å². The molecular formula is C12H13NO3. The van der Waals surface area contributed by atoms with Gasteiger partial charge in [0.05, 0.1) is 12.7 Å². The Morgan fingerprint density at radius 3 is 2.62 bits per heavy atom. The quantitative estimate of drug-likeness (QED) is 0.622. The molecule has 4 heteroatoms. The van der Waals surface area contributed by atoms with Crippen molar-refractivity contribution in [2.75, 3.05) is 12.4 Å². The number of methoxy groups -OCH3 is 1. The van der Waals surface area contributed by atoms with Crippen LogP contribution in [-0.4, -0.2) is 18.8 Å². The molecule has 0 aromatic heterocycles. The molecule has 0 aliphatic carbocycles. The minimum absolute atomic E-state index is 0.192. The lowest BCUT2D eigenvalue weighted by molar-refractivity contribution is -0.114. The third-order valence-electron chi connectivity index (χ3n) is 1.97. The molecule has 0 aliphatic rings. The van der Waals surface area contributed by atoms with Crippen LogP contribution in [0.2, 0.25) is 0 Å². The van der Waals surface area contributed by atoms with Crippen LogP contribution in [0.4, 0.5) is 5.69 Å². The number of ketones is 1. The van der Waals surface area contributed by atoms with Gasteiger partial charge in [-0.15, -0.1) is 0 Å². The normalized spacial score (nSPS) is 9.38. The highest BCUT2D eigenvalue weighted by atomic mass is 16.5. The first-order valence-corrected chi connectivity index (χ1v) is 4.71. The average molecular weight is 219 g/mol. The molecule has 0 saturated heterocycles. The van der Waals surface area contributed by atoms with E-state index in [4.69, 9.17) is 4.74 Å². The van der Waals surface area contributed by atoms with Gasteiger partial charge in [-0.3, -0.25) is 9.59 Å². The van der Waals surface area contributed by atoms with Gasteiger partial charge in [0.1, 0.15) is 5.75 Å². The largest absolute Gasteiger partial charge is 0.496 e. The van der Waals surface area contributed by atoms with E-state index in [1.54, 1.807) is 18.2 Å². The van der Waals surface area contributed by atoms with Crippen LogP contribution in [0.1, 0.15) is 17.3 Å². The summed E-state index contributed by atoms with van der Waals surface area (Å²) in [5, 5.41) is 2.59. The average Bonchev–Trinajstić information content (AvgIpc) is 2.27. The lowest BCUT2D eigenvalue weighted by atomic mass is 10.1. The molecule has 16 heavy (non-hydrogen) atoms. The third kappa shape index (κ3) is 2.70. The number of amides is 1. The van der Waals surface area contributed by atoms with Gasteiger partial charge in [-0.2, -0.15) is 0 Å². The molecule has 0 fully saturated rings. The predicted octanol–water partition coefficient (Wildman–Crippen LogP) is 2.02. The second kappa shape index (κ2) is 5.11. The summed E-state index contributed by atoms with van der Waals surface area (Å²) in [4.78, 5) is 22.4. The molecule has 0 aliphatic heterocycles. The number of rotatable bonds is 4. The molecule has 1 N–H and O–H groups in total. The van der Waals surface area contributed by atoms with Crippen LogP contribution < -0.4 is 10.1 Å². The summed E-state index contributed by atoms with van der Waals surface area (Å²) in [6.45, 7) is 4.81. The highest BCUT2D eigenvalue weighted by Crippen LogP contribution is 2.23. The van der Waals surface area contributed by atoms with Crippen LogP contribution in [0.3, 0.4) is 0 Å². The van der Waals surface area contributed by atoms with Gasteiger partial charge in [0.2, 0.25) is 5.91 Å². The van der Waals surface area contributed by atoms with E-state index in [0.717, 1.165) is 0 Å². The topological polar surface area (TPSA) is 55.4 Å². The summed E-state index contributed by atoms with van der Waals surface area (Å²) >= 11 is 0. The molecule has 0 bridgehead atoms. The van der Waals surface area contributed by atoms with Crippen molar-refractivity contribution in [2.24, 2.45) is 0 Å². The van der Waals surface area contributed by atoms with E-state index in [0.29, 0.717) is 17.0 Å². The Morgan fingerprint density at radius 1 is 1.44 bits per heavy atom. The van der Waals surface area contributed by atoms with Crippen LogP contribution >= 0.6 is 0 Å². The summed E-state index contributed by atoms with van der Waals surface area (Å²) in [6, 6.07) is 4.85. The van der Waals surface area contributed by atoms with Crippen molar-refractivity contribution < 1.29 is 14.3 Å². The molecule has 1 rings (SSSR count). The zero-order chi connectivity index (χ0) is 12.1. The first-order valence-electron chi connectivity index (χ1n) is 4.71. The summed E-state index contributed by atoms with van der Waals surface area (Å²) in [5.74, 6) is 0.0187. The maximum absolute atomic E-state index is 11.5. The zero-order valence-corrected chi connectivity index (χ0v) is 9.24. The van der Waals surface area contributed by atoms with Gasteiger partial charge in [0.15, 0.2) is 5.78 Å². The molecule has 1 aromatic rings. The predicted molar refractivity (Wildman–Crippen MR) is 61.8 cm³/mol. The van der Waals surface area contributed by atoms with E-state index in [-0.39, 0.29) is 11.7 Å². The summed E-state index contributed by atoms with van der Waals surface area (Å²) in [5.41, 5.74) is 0.933. The van der Waals surface area contributed by atoms with Gasteiger partial charge in [-0.05, 0) is 24.3 Å². The molecule has 1 amide bonds. The van der Waals surface area contributed by atoms with E-state index in [1.807, 2.05) is 0 Å². The number of benzene rings is 1. The van der Waals surface area contributed by atoms with Crippen LogP contribution in [0.15, 0.2) is 30.9 Å². The van der Waals surface area contributed by atoms with Crippen molar-refractivity contribution in [3.05, 3.63) is 36.4 Å². The Hall–Kier alpha value is -2.10. The molecule has 0 spiro atoms. The molecular weight excluding hydrogens is 206 g/mol. The zero-order valence-electron chi connectivity index (χ0n) is 9.24. The van der Waals surface area contributed by atoms with E-state index in [9.17, 15) is 9.59 Å². The summed E-state index contributed by atoms with van der Waals surface area (Å²) in [7, 11) is 1.48. The summed E-state index contributed by atoms with van der Waals surface area (Å²) in [6.07, 6.45) is 1.20. The van der Waals surface area contributed by atoms with Crippen molar-refractivity contribution >= 4 is 17.4 Å². The van der Waals surface area contributed by atoms with Gasteiger partial charge in [-0.1, -0.05) is 6.58 Å². The Balaban J connectivity index is 3.15. The molecule has 0 unspecified atom stereocenters. The fourth-order valence-corrected chi connectivity index (χ4v) is 1.29. The lowest BCUT2D eigenvalue weighted by Gasteiger charge is -2.08. The maximum Gasteiger partial charge on any atom is 0.221 e. The second-order valence-electron chi connectivity index (χ2n) is 3.16. The van der Waals surface area contributed by atoms with Gasteiger partial charge in [0.25, 0.3) is 0 Å². The SMILES string of the molecule is C=CC(=O)c1cc(NC(C)=O)ccc1OC. The van der Waals surface area contributed by atoms with Crippen molar-refractivity contribution in [1.82, 2.24) is 0 Å². The van der Waals surface area contributed by atoms with Gasteiger partial charge in [-0.25, -0.2) is 0 Å². The fraction of sp³-hybridized carbons (Fsp3) is 0.167. The number of anilines is 1. The monoisotopic (exact) mass is 219 g/mol. The van der Waals surface area contributed by atoms with E-state index in [2.05, 4.69) is 11.9 Å². The Labute approximate surface area is 93.9 Å². The number of nitrogens with one attached hydrogen (secondary N) is 1. The Kier molecular flexibility index (Phi) is 3.83. The first-order chi connectivity index (χ1) is 7.58. The van der Waals surface area contributed by atoms with E-state index >= 15 is 0 Å². The van der Waals surface area contributed by atoms with Gasteiger partial charge in [0, 0.05) is 12.6 Å². The Bertz CT molecular complexity index is 438. The second-order valence-corrected chi connectivity index (χ2v) is 3.16.